The van der Waals surface area contributed by atoms with Gasteiger partial charge < -0.3 is 5.32 Å². The molecule has 3 atom stereocenters. The van der Waals surface area contributed by atoms with Gasteiger partial charge >= 0.3 is 0 Å². The van der Waals surface area contributed by atoms with Crippen LogP contribution in [0, 0.1) is 18.8 Å². The van der Waals surface area contributed by atoms with Gasteiger partial charge in [-0.1, -0.05) is 13.8 Å². The van der Waals surface area contributed by atoms with Gasteiger partial charge in [0.2, 0.25) is 0 Å². The third kappa shape index (κ3) is 2.75. The van der Waals surface area contributed by atoms with E-state index in [9.17, 15) is 0 Å². The van der Waals surface area contributed by atoms with E-state index < -0.39 is 0 Å². The minimum atomic E-state index is 0.637. The maximum atomic E-state index is 4.22. The van der Waals surface area contributed by atoms with Crippen molar-refractivity contribution in [1.82, 2.24) is 4.98 Å². The van der Waals surface area contributed by atoms with E-state index >= 15 is 0 Å². The fourth-order valence-electron chi connectivity index (χ4n) is 2.73. The quantitative estimate of drug-likeness (QED) is 0.820. The van der Waals surface area contributed by atoms with Gasteiger partial charge in [-0.05, 0) is 50.2 Å². The lowest BCUT2D eigenvalue weighted by Gasteiger charge is -2.33. The Morgan fingerprint density at radius 2 is 2.12 bits per heavy atom. The molecule has 1 heterocycles. The molecule has 0 amide bonds. The summed E-state index contributed by atoms with van der Waals surface area (Å²) in [6, 6.07) is 4.83. The van der Waals surface area contributed by atoms with Crippen molar-refractivity contribution in [2.45, 2.75) is 46.1 Å². The molecule has 3 unspecified atom stereocenters. The van der Waals surface area contributed by atoms with Gasteiger partial charge in [-0.15, -0.1) is 0 Å². The highest BCUT2D eigenvalue weighted by molar-refractivity contribution is 5.44. The molecule has 1 aromatic rings. The van der Waals surface area contributed by atoms with Gasteiger partial charge in [0, 0.05) is 23.6 Å². The van der Waals surface area contributed by atoms with E-state index in [1.807, 2.05) is 13.1 Å². The number of pyridine rings is 1. The summed E-state index contributed by atoms with van der Waals surface area (Å²) in [5.41, 5.74) is 2.31. The van der Waals surface area contributed by atoms with Crippen molar-refractivity contribution in [3.05, 3.63) is 24.0 Å². The molecule has 2 heteroatoms. The molecule has 2 rings (SSSR count). The molecule has 1 N–H and O–H groups in total. The first-order valence-electron chi connectivity index (χ1n) is 6.34. The molecule has 1 saturated carbocycles. The van der Waals surface area contributed by atoms with Crippen LogP contribution in [0.3, 0.4) is 0 Å². The molecule has 16 heavy (non-hydrogen) atoms. The fourth-order valence-corrected chi connectivity index (χ4v) is 2.73. The minimum Gasteiger partial charge on any atom is -0.382 e. The highest BCUT2D eigenvalue weighted by Crippen LogP contribution is 2.30. The van der Waals surface area contributed by atoms with Crippen LogP contribution >= 0.6 is 0 Å². The molecule has 1 aromatic heterocycles. The van der Waals surface area contributed by atoms with E-state index in [2.05, 4.69) is 36.3 Å². The maximum absolute atomic E-state index is 4.22. The monoisotopic (exact) mass is 218 g/mol. The van der Waals surface area contributed by atoms with Gasteiger partial charge in [0.15, 0.2) is 0 Å². The van der Waals surface area contributed by atoms with Crippen LogP contribution in [0.2, 0.25) is 0 Å². The van der Waals surface area contributed by atoms with Crippen LogP contribution in [-0.4, -0.2) is 11.0 Å². The van der Waals surface area contributed by atoms with Gasteiger partial charge in [0.05, 0.1) is 0 Å². The SMILES string of the molecule is Cc1cc(NC2CCC(C)CC2C)ccn1. The molecule has 1 aliphatic carbocycles. The average molecular weight is 218 g/mol. The Morgan fingerprint density at radius 3 is 2.81 bits per heavy atom. The first-order chi connectivity index (χ1) is 7.65. The maximum Gasteiger partial charge on any atom is 0.0393 e. The highest BCUT2D eigenvalue weighted by atomic mass is 14.9. The minimum absolute atomic E-state index is 0.637. The Kier molecular flexibility index (Phi) is 3.47. The predicted molar refractivity (Wildman–Crippen MR) is 68.6 cm³/mol. The summed E-state index contributed by atoms with van der Waals surface area (Å²) < 4.78 is 0. The number of hydrogen-bond donors (Lipinski definition) is 1. The normalized spacial score (nSPS) is 30.1. The lowest BCUT2D eigenvalue weighted by atomic mass is 9.80. The molecule has 1 aliphatic rings. The van der Waals surface area contributed by atoms with E-state index in [4.69, 9.17) is 0 Å². The second-order valence-electron chi connectivity index (χ2n) is 5.33. The van der Waals surface area contributed by atoms with E-state index in [0.717, 1.165) is 17.5 Å². The van der Waals surface area contributed by atoms with Crippen molar-refractivity contribution in [2.75, 3.05) is 5.32 Å². The van der Waals surface area contributed by atoms with Gasteiger partial charge in [0.1, 0.15) is 0 Å². The number of nitrogens with one attached hydrogen (secondary N) is 1. The van der Waals surface area contributed by atoms with Gasteiger partial charge in [-0.2, -0.15) is 0 Å². The molecule has 0 aromatic carbocycles. The van der Waals surface area contributed by atoms with E-state index in [1.54, 1.807) is 0 Å². The first kappa shape index (κ1) is 11.4. The number of aryl methyl sites for hydroxylation is 1. The number of nitrogens with zero attached hydrogens (tertiary/aromatic N) is 1. The van der Waals surface area contributed by atoms with E-state index in [-0.39, 0.29) is 0 Å². The van der Waals surface area contributed by atoms with Crippen molar-refractivity contribution < 1.29 is 0 Å². The molecular formula is C14H22N2. The lowest BCUT2D eigenvalue weighted by molar-refractivity contribution is 0.276. The molecule has 1 fully saturated rings. The second kappa shape index (κ2) is 4.86. The molecule has 0 aliphatic heterocycles. The summed E-state index contributed by atoms with van der Waals surface area (Å²) in [5, 5.41) is 3.65. The third-order valence-electron chi connectivity index (χ3n) is 3.68. The van der Waals surface area contributed by atoms with Crippen LogP contribution in [0.25, 0.3) is 0 Å². The van der Waals surface area contributed by atoms with Crippen molar-refractivity contribution >= 4 is 5.69 Å². The van der Waals surface area contributed by atoms with Gasteiger partial charge in [0.25, 0.3) is 0 Å². The molecule has 88 valence electrons. The van der Waals surface area contributed by atoms with Crippen LogP contribution in [0.1, 0.15) is 38.8 Å². The van der Waals surface area contributed by atoms with E-state index in [1.165, 1.54) is 24.9 Å². The van der Waals surface area contributed by atoms with Crippen LogP contribution < -0.4 is 5.32 Å². The summed E-state index contributed by atoms with van der Waals surface area (Å²) in [5.74, 6) is 1.67. The zero-order valence-corrected chi connectivity index (χ0v) is 10.5. The summed E-state index contributed by atoms with van der Waals surface area (Å²) in [7, 11) is 0. The summed E-state index contributed by atoms with van der Waals surface area (Å²) in [6.07, 6.45) is 5.88. The summed E-state index contributed by atoms with van der Waals surface area (Å²) >= 11 is 0. The van der Waals surface area contributed by atoms with Crippen LogP contribution in [0.4, 0.5) is 5.69 Å². The molecule has 0 radical (unpaired) electrons. The molecule has 0 bridgehead atoms. The Morgan fingerprint density at radius 1 is 1.31 bits per heavy atom. The molecule has 0 saturated heterocycles. The topological polar surface area (TPSA) is 24.9 Å². The number of aromatic nitrogens is 1. The molecule has 0 spiro atoms. The third-order valence-corrected chi connectivity index (χ3v) is 3.68. The second-order valence-corrected chi connectivity index (χ2v) is 5.33. The highest BCUT2D eigenvalue weighted by Gasteiger charge is 2.24. The largest absolute Gasteiger partial charge is 0.382 e. The van der Waals surface area contributed by atoms with E-state index in [0.29, 0.717) is 6.04 Å². The summed E-state index contributed by atoms with van der Waals surface area (Å²) in [4.78, 5) is 4.22. The Bertz CT molecular complexity index is 348. The Labute approximate surface area is 98.5 Å². The van der Waals surface area contributed by atoms with Crippen molar-refractivity contribution in [3.63, 3.8) is 0 Å². The standard InChI is InChI=1S/C14H22N2/c1-10-4-5-14(11(2)8-10)16-13-6-7-15-12(3)9-13/h6-7,9-11,14H,4-5,8H2,1-3H3,(H,15,16). The zero-order valence-electron chi connectivity index (χ0n) is 10.5. The van der Waals surface area contributed by atoms with Crippen LogP contribution in [-0.2, 0) is 0 Å². The van der Waals surface area contributed by atoms with Gasteiger partial charge in [-0.25, -0.2) is 0 Å². The average Bonchev–Trinajstić information content (AvgIpc) is 2.22. The number of rotatable bonds is 2. The van der Waals surface area contributed by atoms with Crippen LogP contribution in [0.5, 0.6) is 0 Å². The Balaban J connectivity index is 1.99. The van der Waals surface area contributed by atoms with Crippen molar-refractivity contribution in [1.29, 1.82) is 0 Å². The zero-order chi connectivity index (χ0) is 11.5. The molecule has 2 nitrogen and oxygen atoms in total. The van der Waals surface area contributed by atoms with Crippen LogP contribution in [0.15, 0.2) is 18.3 Å². The first-order valence-corrected chi connectivity index (χ1v) is 6.34. The van der Waals surface area contributed by atoms with Gasteiger partial charge in [-0.3, -0.25) is 4.98 Å². The number of anilines is 1. The fraction of sp³-hybridized carbons (Fsp3) is 0.643. The summed E-state index contributed by atoms with van der Waals surface area (Å²) in [6.45, 7) is 6.77. The number of hydrogen-bond acceptors (Lipinski definition) is 2. The Hall–Kier alpha value is -1.05. The van der Waals surface area contributed by atoms with Crippen molar-refractivity contribution in [2.24, 2.45) is 11.8 Å². The van der Waals surface area contributed by atoms with Crippen molar-refractivity contribution in [3.8, 4) is 0 Å². The molecular weight excluding hydrogens is 196 g/mol. The lowest BCUT2D eigenvalue weighted by Crippen LogP contribution is -2.33. The predicted octanol–water partition coefficient (Wildman–Crippen LogP) is 3.63. The smallest absolute Gasteiger partial charge is 0.0393 e.